The van der Waals surface area contributed by atoms with E-state index in [1.165, 1.54) is 4.68 Å². The van der Waals surface area contributed by atoms with E-state index in [0.29, 0.717) is 44.9 Å². The van der Waals surface area contributed by atoms with Crippen molar-refractivity contribution in [2.24, 2.45) is 5.10 Å². The maximum atomic E-state index is 13.8. The molecule has 4 aromatic rings. The van der Waals surface area contributed by atoms with Crippen LogP contribution in [0.25, 0.3) is 22.3 Å². The van der Waals surface area contributed by atoms with Crippen LogP contribution in [0, 0.1) is 6.92 Å². The summed E-state index contributed by atoms with van der Waals surface area (Å²) in [4.78, 5) is 30.9. The van der Waals surface area contributed by atoms with Crippen LogP contribution in [0.5, 0.6) is 17.2 Å². The molecule has 0 aliphatic rings. The molecule has 4 rings (SSSR count). The number of carbonyl (C=O) groups is 1. The van der Waals surface area contributed by atoms with Gasteiger partial charge in [0, 0.05) is 5.56 Å². The standard InChI is InChI=1S/C33H36BrN3O6/c1-8-41-29-16-22(15-26(34)30(29)43-21(6)33(39)42-9-2)18-35-37-31(36-27-13-11-10-12-23(27)32(37)38)25-17-24(19(3)4)28(40-7)14-20(25)5/h10-19,21H,8-9H2,1-7H3/t21-/m1/s1. The molecule has 0 aliphatic carbocycles. The van der Waals surface area contributed by atoms with Gasteiger partial charge in [0.25, 0.3) is 5.56 Å². The molecular weight excluding hydrogens is 614 g/mol. The van der Waals surface area contributed by atoms with Gasteiger partial charge in [-0.2, -0.15) is 9.78 Å². The van der Waals surface area contributed by atoms with E-state index in [1.54, 1.807) is 51.4 Å². The summed E-state index contributed by atoms with van der Waals surface area (Å²) in [6.45, 7) is 11.9. The quantitative estimate of drug-likeness (QED) is 0.129. The number of esters is 1. The number of ether oxygens (including phenoxy) is 4. The zero-order valence-corrected chi connectivity index (χ0v) is 27.0. The fraction of sp³-hybridized carbons (Fsp3) is 0.333. The summed E-state index contributed by atoms with van der Waals surface area (Å²) in [5.74, 6) is 1.66. The lowest BCUT2D eigenvalue weighted by molar-refractivity contribution is -0.150. The van der Waals surface area contributed by atoms with Gasteiger partial charge in [0.1, 0.15) is 5.75 Å². The largest absolute Gasteiger partial charge is 0.496 e. The van der Waals surface area contributed by atoms with Crippen molar-refractivity contribution in [3.05, 3.63) is 80.0 Å². The zero-order chi connectivity index (χ0) is 31.3. The fourth-order valence-corrected chi connectivity index (χ4v) is 5.17. The minimum Gasteiger partial charge on any atom is -0.496 e. The van der Waals surface area contributed by atoms with Crippen molar-refractivity contribution >= 4 is 39.0 Å². The number of benzene rings is 3. The minimum atomic E-state index is -0.844. The molecule has 10 heteroatoms. The Morgan fingerprint density at radius 3 is 2.49 bits per heavy atom. The van der Waals surface area contributed by atoms with Crippen LogP contribution in [-0.4, -0.2) is 48.3 Å². The molecule has 0 fully saturated rings. The second kappa shape index (κ2) is 13.9. The summed E-state index contributed by atoms with van der Waals surface area (Å²) >= 11 is 3.54. The SMILES string of the molecule is CCOC(=O)[C@@H](C)Oc1c(Br)cc(C=Nn2c(-c3cc(C(C)C)c(OC)cc3C)nc3ccccc3c2=O)cc1OCC. The lowest BCUT2D eigenvalue weighted by Crippen LogP contribution is -2.26. The molecule has 0 aliphatic heterocycles. The first-order valence-electron chi connectivity index (χ1n) is 14.1. The summed E-state index contributed by atoms with van der Waals surface area (Å²) in [6, 6.07) is 14.7. The Hall–Kier alpha value is -4.18. The van der Waals surface area contributed by atoms with Gasteiger partial charge in [-0.25, -0.2) is 9.78 Å². The molecule has 1 heterocycles. The maximum Gasteiger partial charge on any atom is 0.347 e. The molecule has 1 atom stereocenters. The van der Waals surface area contributed by atoms with Gasteiger partial charge in [-0.3, -0.25) is 4.79 Å². The summed E-state index contributed by atoms with van der Waals surface area (Å²) < 4.78 is 24.3. The maximum absolute atomic E-state index is 13.8. The molecule has 43 heavy (non-hydrogen) atoms. The van der Waals surface area contributed by atoms with E-state index < -0.39 is 12.1 Å². The predicted molar refractivity (Wildman–Crippen MR) is 172 cm³/mol. The molecule has 1 aromatic heterocycles. The van der Waals surface area contributed by atoms with Gasteiger partial charge < -0.3 is 18.9 Å². The molecule has 0 spiro atoms. The summed E-state index contributed by atoms with van der Waals surface area (Å²) in [5, 5.41) is 5.09. The number of methoxy groups -OCH3 is 1. The normalized spacial score (nSPS) is 12.1. The van der Waals surface area contributed by atoms with Gasteiger partial charge in [0.05, 0.1) is 41.9 Å². The molecular formula is C33H36BrN3O6. The Morgan fingerprint density at radius 2 is 1.81 bits per heavy atom. The smallest absolute Gasteiger partial charge is 0.347 e. The summed E-state index contributed by atoms with van der Waals surface area (Å²) in [5.41, 5.74) is 3.58. The van der Waals surface area contributed by atoms with Crippen LogP contribution >= 0.6 is 15.9 Å². The Balaban J connectivity index is 1.86. The van der Waals surface area contributed by atoms with Crippen molar-refractivity contribution in [3.63, 3.8) is 0 Å². The molecule has 226 valence electrons. The van der Waals surface area contributed by atoms with E-state index in [9.17, 15) is 9.59 Å². The highest BCUT2D eigenvalue weighted by Gasteiger charge is 2.22. The minimum absolute atomic E-state index is 0.181. The number of para-hydroxylation sites is 1. The van der Waals surface area contributed by atoms with Gasteiger partial charge in [-0.15, -0.1) is 0 Å². The van der Waals surface area contributed by atoms with Gasteiger partial charge in [-0.05, 0) is 103 Å². The van der Waals surface area contributed by atoms with E-state index in [-0.39, 0.29) is 18.1 Å². The monoisotopic (exact) mass is 649 g/mol. The van der Waals surface area contributed by atoms with E-state index in [1.807, 2.05) is 38.1 Å². The van der Waals surface area contributed by atoms with Crippen molar-refractivity contribution in [2.75, 3.05) is 20.3 Å². The van der Waals surface area contributed by atoms with E-state index in [4.69, 9.17) is 23.9 Å². The van der Waals surface area contributed by atoms with Crippen LogP contribution < -0.4 is 19.8 Å². The highest BCUT2D eigenvalue weighted by atomic mass is 79.9. The Kier molecular flexibility index (Phi) is 10.2. The average molecular weight is 651 g/mol. The third-order valence-corrected chi connectivity index (χ3v) is 7.35. The van der Waals surface area contributed by atoms with Crippen molar-refractivity contribution in [1.82, 2.24) is 9.66 Å². The number of halogens is 1. The first kappa shape index (κ1) is 31.7. The van der Waals surface area contributed by atoms with E-state index in [2.05, 4.69) is 34.9 Å². The number of rotatable bonds is 11. The number of aromatic nitrogens is 2. The van der Waals surface area contributed by atoms with Crippen LogP contribution in [0.4, 0.5) is 0 Å². The molecule has 0 radical (unpaired) electrons. The van der Waals surface area contributed by atoms with Crippen molar-refractivity contribution < 1.29 is 23.7 Å². The number of hydrogen-bond acceptors (Lipinski definition) is 8. The Labute approximate surface area is 259 Å². The Bertz CT molecular complexity index is 1730. The van der Waals surface area contributed by atoms with E-state index >= 15 is 0 Å². The lowest BCUT2D eigenvalue weighted by atomic mass is 9.96. The number of nitrogens with zero attached hydrogens (tertiary/aromatic N) is 3. The predicted octanol–water partition coefficient (Wildman–Crippen LogP) is 6.88. The molecule has 3 aromatic carbocycles. The molecule has 0 saturated heterocycles. The fourth-order valence-electron chi connectivity index (χ4n) is 4.62. The molecule has 0 saturated carbocycles. The third kappa shape index (κ3) is 6.91. The number of fused-ring (bicyclic) bond motifs is 1. The van der Waals surface area contributed by atoms with Crippen molar-refractivity contribution in [1.29, 1.82) is 0 Å². The van der Waals surface area contributed by atoms with Crippen LogP contribution in [0.15, 0.2) is 62.9 Å². The first-order valence-corrected chi connectivity index (χ1v) is 14.9. The average Bonchev–Trinajstić information content (AvgIpc) is 2.98. The molecule has 9 nitrogen and oxygen atoms in total. The van der Waals surface area contributed by atoms with Gasteiger partial charge in [-0.1, -0.05) is 26.0 Å². The topological polar surface area (TPSA) is 101 Å². The van der Waals surface area contributed by atoms with Crippen molar-refractivity contribution in [3.8, 4) is 28.6 Å². The molecule has 0 bridgehead atoms. The molecule has 0 amide bonds. The van der Waals surface area contributed by atoms with Crippen LogP contribution in [-0.2, 0) is 9.53 Å². The van der Waals surface area contributed by atoms with Crippen LogP contribution in [0.1, 0.15) is 57.2 Å². The van der Waals surface area contributed by atoms with Gasteiger partial charge in [0.2, 0.25) is 0 Å². The first-order chi connectivity index (χ1) is 20.6. The van der Waals surface area contributed by atoms with Gasteiger partial charge in [0.15, 0.2) is 23.4 Å². The summed E-state index contributed by atoms with van der Waals surface area (Å²) in [6.07, 6.45) is 0.721. The lowest BCUT2D eigenvalue weighted by Gasteiger charge is -2.18. The number of hydrogen-bond donors (Lipinski definition) is 0. The van der Waals surface area contributed by atoms with Gasteiger partial charge >= 0.3 is 5.97 Å². The zero-order valence-electron chi connectivity index (χ0n) is 25.4. The molecule has 0 unspecified atom stereocenters. The Morgan fingerprint density at radius 1 is 1.07 bits per heavy atom. The number of aryl methyl sites for hydroxylation is 1. The highest BCUT2D eigenvalue weighted by molar-refractivity contribution is 9.10. The van der Waals surface area contributed by atoms with Crippen molar-refractivity contribution in [2.45, 2.75) is 53.6 Å². The summed E-state index contributed by atoms with van der Waals surface area (Å²) in [7, 11) is 1.65. The van der Waals surface area contributed by atoms with Crippen LogP contribution in [0.2, 0.25) is 0 Å². The second-order valence-electron chi connectivity index (χ2n) is 10.2. The number of carbonyl (C=O) groups excluding carboxylic acids is 1. The second-order valence-corrected chi connectivity index (χ2v) is 11.0. The molecule has 0 N–H and O–H groups in total. The van der Waals surface area contributed by atoms with Crippen LogP contribution in [0.3, 0.4) is 0 Å². The highest BCUT2D eigenvalue weighted by Crippen LogP contribution is 2.38. The van der Waals surface area contributed by atoms with E-state index in [0.717, 1.165) is 22.4 Å². The third-order valence-electron chi connectivity index (χ3n) is 6.76.